The average Bonchev–Trinajstić information content (AvgIpc) is 2.50. The summed E-state index contributed by atoms with van der Waals surface area (Å²) in [6, 6.07) is 6.19. The second kappa shape index (κ2) is 7.30. The first-order valence-electron chi connectivity index (χ1n) is 8.01. The van der Waals surface area contributed by atoms with Gasteiger partial charge in [0, 0.05) is 23.3 Å². The van der Waals surface area contributed by atoms with Crippen LogP contribution in [0.2, 0.25) is 0 Å². The zero-order valence-corrected chi connectivity index (χ0v) is 13.6. The van der Waals surface area contributed by atoms with Crippen molar-refractivity contribution < 1.29 is 4.74 Å². The molecule has 3 heteroatoms. The normalized spacial score (nSPS) is 10.9. The Bertz CT molecular complexity index is 608. The highest BCUT2D eigenvalue weighted by molar-refractivity contribution is 5.94. The van der Waals surface area contributed by atoms with Crippen LogP contribution in [-0.2, 0) is 6.42 Å². The first-order chi connectivity index (χ1) is 10.2. The Morgan fingerprint density at radius 2 is 1.95 bits per heavy atom. The Morgan fingerprint density at radius 1 is 1.14 bits per heavy atom. The number of hydrogen-bond acceptors (Lipinski definition) is 3. The lowest BCUT2D eigenvalue weighted by Crippen LogP contribution is -2.06. The molecule has 1 aromatic carbocycles. The van der Waals surface area contributed by atoms with Crippen LogP contribution in [-0.4, -0.2) is 18.1 Å². The molecule has 0 unspecified atom stereocenters. The van der Waals surface area contributed by atoms with Crippen molar-refractivity contribution in [3.63, 3.8) is 0 Å². The molecule has 3 nitrogen and oxygen atoms in total. The molecule has 0 aliphatic heterocycles. The van der Waals surface area contributed by atoms with Crippen molar-refractivity contribution in [3.8, 4) is 5.75 Å². The van der Waals surface area contributed by atoms with E-state index < -0.39 is 0 Å². The van der Waals surface area contributed by atoms with Crippen molar-refractivity contribution in [3.05, 3.63) is 29.5 Å². The monoisotopic (exact) mass is 286 g/mol. The van der Waals surface area contributed by atoms with Gasteiger partial charge in [-0.1, -0.05) is 20.8 Å². The van der Waals surface area contributed by atoms with Gasteiger partial charge in [-0.15, -0.1) is 0 Å². The minimum atomic E-state index is 0.753. The zero-order chi connectivity index (χ0) is 15.2. The molecule has 0 radical (unpaired) electrons. The number of ether oxygens (including phenoxy) is 1. The van der Waals surface area contributed by atoms with Gasteiger partial charge in [0.25, 0.3) is 0 Å². The van der Waals surface area contributed by atoms with Gasteiger partial charge in [0.15, 0.2) is 0 Å². The smallest absolute Gasteiger partial charge is 0.120 e. The molecule has 114 valence electrons. The third-order valence-corrected chi connectivity index (χ3v) is 3.64. The lowest BCUT2D eigenvalue weighted by atomic mass is 10.0. The molecule has 0 bridgehead atoms. The molecule has 0 spiro atoms. The highest BCUT2D eigenvalue weighted by Crippen LogP contribution is 2.31. The summed E-state index contributed by atoms with van der Waals surface area (Å²) in [7, 11) is 0. The third kappa shape index (κ3) is 3.46. The number of rotatable bonds is 7. The van der Waals surface area contributed by atoms with Crippen molar-refractivity contribution in [2.75, 3.05) is 18.5 Å². The lowest BCUT2D eigenvalue weighted by molar-refractivity contribution is 0.318. The van der Waals surface area contributed by atoms with Crippen LogP contribution in [0.3, 0.4) is 0 Å². The molecule has 1 N–H and O–H groups in total. The summed E-state index contributed by atoms with van der Waals surface area (Å²) < 4.78 is 5.77. The predicted octanol–water partition coefficient (Wildman–Crippen LogP) is 4.72. The third-order valence-electron chi connectivity index (χ3n) is 3.64. The van der Waals surface area contributed by atoms with Gasteiger partial charge in [-0.3, -0.25) is 4.98 Å². The number of nitrogens with one attached hydrogen (secondary N) is 1. The van der Waals surface area contributed by atoms with Crippen LogP contribution in [0.5, 0.6) is 5.75 Å². The van der Waals surface area contributed by atoms with Gasteiger partial charge in [-0.25, -0.2) is 0 Å². The van der Waals surface area contributed by atoms with Gasteiger partial charge < -0.3 is 10.1 Å². The van der Waals surface area contributed by atoms with Crippen LogP contribution in [0.1, 0.15) is 44.9 Å². The number of hydrogen-bond donors (Lipinski definition) is 1. The van der Waals surface area contributed by atoms with E-state index in [0.29, 0.717) is 0 Å². The molecular weight excluding hydrogens is 260 g/mol. The van der Waals surface area contributed by atoms with Crippen LogP contribution in [0, 0.1) is 6.92 Å². The molecule has 0 saturated heterocycles. The molecule has 0 fully saturated rings. The molecule has 0 aliphatic carbocycles. The van der Waals surface area contributed by atoms with Crippen LogP contribution < -0.4 is 10.1 Å². The molecular formula is C18H26N2O. The molecule has 0 aliphatic rings. The minimum Gasteiger partial charge on any atom is -0.494 e. The number of anilines is 1. The number of aromatic nitrogens is 1. The number of pyridine rings is 1. The maximum Gasteiger partial charge on any atom is 0.120 e. The van der Waals surface area contributed by atoms with E-state index in [-0.39, 0.29) is 0 Å². The molecule has 0 amide bonds. The van der Waals surface area contributed by atoms with Crippen molar-refractivity contribution in [2.45, 2.75) is 47.0 Å². The maximum absolute atomic E-state index is 5.77. The van der Waals surface area contributed by atoms with E-state index in [1.54, 1.807) is 0 Å². The van der Waals surface area contributed by atoms with Gasteiger partial charge in [-0.2, -0.15) is 0 Å². The highest BCUT2D eigenvalue weighted by Gasteiger charge is 2.12. The topological polar surface area (TPSA) is 34.2 Å². The zero-order valence-electron chi connectivity index (χ0n) is 13.6. The Hall–Kier alpha value is -1.77. The van der Waals surface area contributed by atoms with Gasteiger partial charge in [0.1, 0.15) is 5.75 Å². The molecule has 0 atom stereocenters. The van der Waals surface area contributed by atoms with Crippen LogP contribution >= 0.6 is 0 Å². The fourth-order valence-electron chi connectivity index (χ4n) is 2.60. The first kappa shape index (κ1) is 15.6. The largest absolute Gasteiger partial charge is 0.494 e. The first-order valence-corrected chi connectivity index (χ1v) is 8.01. The van der Waals surface area contributed by atoms with Gasteiger partial charge in [0.2, 0.25) is 0 Å². The summed E-state index contributed by atoms with van der Waals surface area (Å²) in [5.74, 6) is 0.927. The summed E-state index contributed by atoms with van der Waals surface area (Å²) >= 11 is 0. The molecule has 2 aromatic rings. The van der Waals surface area contributed by atoms with Crippen LogP contribution in [0.25, 0.3) is 10.9 Å². The Balaban J connectivity index is 2.53. The van der Waals surface area contributed by atoms with E-state index in [1.165, 1.54) is 16.6 Å². The minimum absolute atomic E-state index is 0.753. The average molecular weight is 286 g/mol. The second-order valence-corrected chi connectivity index (χ2v) is 5.36. The summed E-state index contributed by atoms with van der Waals surface area (Å²) in [5.41, 5.74) is 4.69. The number of fused-ring (bicyclic) bond motifs is 1. The van der Waals surface area contributed by atoms with E-state index in [2.05, 4.69) is 45.1 Å². The fraction of sp³-hybridized carbons (Fsp3) is 0.500. The fourth-order valence-corrected chi connectivity index (χ4v) is 2.60. The predicted molar refractivity (Wildman–Crippen MR) is 90.4 cm³/mol. The van der Waals surface area contributed by atoms with Crippen molar-refractivity contribution in [2.24, 2.45) is 0 Å². The second-order valence-electron chi connectivity index (χ2n) is 5.36. The van der Waals surface area contributed by atoms with Crippen molar-refractivity contribution in [1.82, 2.24) is 4.98 Å². The number of aryl methyl sites for hydroxylation is 1. The van der Waals surface area contributed by atoms with E-state index in [0.717, 1.165) is 49.4 Å². The highest BCUT2D eigenvalue weighted by atomic mass is 16.5. The Labute approximate surface area is 127 Å². The molecule has 0 saturated carbocycles. The Kier molecular flexibility index (Phi) is 5.43. The van der Waals surface area contributed by atoms with Crippen molar-refractivity contribution >= 4 is 16.6 Å². The van der Waals surface area contributed by atoms with Gasteiger partial charge in [0.05, 0.1) is 12.1 Å². The van der Waals surface area contributed by atoms with E-state index in [4.69, 9.17) is 9.72 Å². The molecule has 2 rings (SSSR count). The van der Waals surface area contributed by atoms with E-state index in [9.17, 15) is 0 Å². The van der Waals surface area contributed by atoms with Gasteiger partial charge >= 0.3 is 0 Å². The standard InChI is InChI=1S/C18H26N2O/c1-5-10-19-18-15(7-3)13(4)20-17-9-8-14(12-16(17)18)21-11-6-2/h8-9,12H,5-7,10-11H2,1-4H3,(H,19,20). The van der Waals surface area contributed by atoms with Crippen LogP contribution in [0.15, 0.2) is 18.2 Å². The summed E-state index contributed by atoms with van der Waals surface area (Å²) in [4.78, 5) is 4.74. The lowest BCUT2D eigenvalue weighted by Gasteiger charge is -2.16. The Morgan fingerprint density at radius 3 is 2.62 bits per heavy atom. The number of benzene rings is 1. The quantitative estimate of drug-likeness (QED) is 0.800. The summed E-state index contributed by atoms with van der Waals surface area (Å²) in [5, 5.41) is 4.75. The maximum atomic E-state index is 5.77. The molecule has 21 heavy (non-hydrogen) atoms. The molecule has 1 heterocycles. The summed E-state index contributed by atoms with van der Waals surface area (Å²) in [6.45, 7) is 10.3. The van der Waals surface area contributed by atoms with Crippen molar-refractivity contribution in [1.29, 1.82) is 0 Å². The summed E-state index contributed by atoms with van der Waals surface area (Å²) in [6.07, 6.45) is 3.12. The SMILES string of the molecule is CCCNc1c(CC)c(C)nc2ccc(OCCC)cc12. The number of nitrogens with zero attached hydrogens (tertiary/aromatic N) is 1. The van der Waals surface area contributed by atoms with E-state index >= 15 is 0 Å². The molecule has 1 aromatic heterocycles. The van der Waals surface area contributed by atoms with Crippen LogP contribution in [0.4, 0.5) is 5.69 Å². The van der Waals surface area contributed by atoms with Gasteiger partial charge in [-0.05, 0) is 49.9 Å². The van der Waals surface area contributed by atoms with E-state index in [1.807, 2.05) is 6.07 Å².